The average molecular weight is 854 g/mol. The number of amides is 1. The van der Waals surface area contributed by atoms with Gasteiger partial charge in [-0.15, -0.1) is 0 Å². The maximum atomic E-state index is 12.3. The number of allylic oxidation sites excluding steroid dienone is 8. The smallest absolute Gasteiger partial charge is 0.472 e. The summed E-state index contributed by atoms with van der Waals surface area (Å²) in [6, 6.07) is -1.55. The summed E-state index contributed by atoms with van der Waals surface area (Å²) in [6.07, 6.45) is 47.0. The highest BCUT2D eigenvalue weighted by molar-refractivity contribution is 7.47. The van der Waals surface area contributed by atoms with Crippen LogP contribution in [0, 0.1) is 0 Å². The number of esters is 1. The number of unbranched alkanes of at least 4 members (excludes halogenated alkanes) is 21. The van der Waals surface area contributed by atoms with Crippen LogP contribution in [-0.4, -0.2) is 64.9 Å². The second kappa shape index (κ2) is 42.1. The summed E-state index contributed by atoms with van der Waals surface area (Å²) in [7, 11) is -4.76. The van der Waals surface area contributed by atoms with Crippen LogP contribution in [0.5, 0.6) is 0 Å². The SMILES string of the molecule is CCCCC/C=C\C/C=C\C/C=C\C/C=C\CCCCCC(=O)OCC(O)COP(=O)(O)OCC(NC(=O)CCCCCCCCCCCCCCCCCC)C(=O)O. The van der Waals surface area contributed by atoms with Gasteiger partial charge in [0.05, 0.1) is 13.2 Å². The van der Waals surface area contributed by atoms with E-state index in [9.17, 15) is 34.1 Å². The number of carboxylic acid groups (broad SMARTS) is 1. The summed E-state index contributed by atoms with van der Waals surface area (Å²) in [5.74, 6) is -2.40. The second-order valence-electron chi connectivity index (χ2n) is 15.6. The molecule has 0 spiro atoms. The van der Waals surface area contributed by atoms with Gasteiger partial charge in [-0.25, -0.2) is 9.36 Å². The Morgan fingerprint density at radius 2 is 0.932 bits per heavy atom. The average Bonchev–Trinajstić information content (AvgIpc) is 3.21. The van der Waals surface area contributed by atoms with Gasteiger partial charge in [0.2, 0.25) is 5.91 Å². The van der Waals surface area contributed by atoms with Crippen molar-refractivity contribution in [2.24, 2.45) is 0 Å². The Labute approximate surface area is 358 Å². The monoisotopic (exact) mass is 854 g/mol. The fourth-order valence-corrected chi connectivity index (χ4v) is 7.01. The van der Waals surface area contributed by atoms with Crippen molar-refractivity contribution >= 4 is 25.7 Å². The van der Waals surface area contributed by atoms with Gasteiger partial charge in [-0.2, -0.15) is 0 Å². The maximum absolute atomic E-state index is 12.3. The molecule has 0 saturated carbocycles. The van der Waals surface area contributed by atoms with Gasteiger partial charge in [-0.1, -0.05) is 178 Å². The summed E-state index contributed by atoms with van der Waals surface area (Å²) < 4.78 is 26.8. The molecule has 3 atom stereocenters. The van der Waals surface area contributed by atoms with Crippen LogP contribution in [0.15, 0.2) is 48.6 Å². The molecule has 4 N–H and O–H groups in total. The molecule has 1 amide bonds. The lowest BCUT2D eigenvalue weighted by atomic mass is 10.0. The van der Waals surface area contributed by atoms with Crippen molar-refractivity contribution in [3.8, 4) is 0 Å². The Hall–Kier alpha value is -2.56. The van der Waals surface area contributed by atoms with Crippen LogP contribution in [-0.2, 0) is 32.7 Å². The zero-order valence-electron chi connectivity index (χ0n) is 37.0. The van der Waals surface area contributed by atoms with E-state index in [2.05, 4.69) is 67.8 Å². The highest BCUT2D eigenvalue weighted by Crippen LogP contribution is 2.43. The summed E-state index contributed by atoms with van der Waals surface area (Å²) in [6.45, 7) is 2.54. The van der Waals surface area contributed by atoms with E-state index in [1.807, 2.05) is 0 Å². The standard InChI is InChI=1S/C47H84NO10P/c1-3-5-7-9-11-13-15-17-19-21-22-23-25-27-29-31-33-35-37-39-46(51)56-40-43(49)41-57-59(54,55)58-42-44(47(52)53)48-45(50)38-36-34-32-30-28-26-24-20-18-16-14-12-10-8-6-4-2/h11,13,17,19,22-23,27,29,43-44,49H,3-10,12,14-16,18,20-21,24-26,28,30-42H2,1-2H3,(H,48,50)(H,52,53)(H,54,55)/b13-11-,19-17-,23-22-,29-27-. The lowest BCUT2D eigenvalue weighted by Crippen LogP contribution is -2.43. The first-order valence-corrected chi connectivity index (χ1v) is 24.7. The van der Waals surface area contributed by atoms with Gasteiger partial charge < -0.3 is 25.2 Å². The number of aliphatic carboxylic acids is 1. The molecule has 0 aromatic heterocycles. The Kier molecular flexibility index (Phi) is 40.3. The Bertz CT molecular complexity index is 1190. The fraction of sp³-hybridized carbons (Fsp3) is 0.766. The van der Waals surface area contributed by atoms with Crippen LogP contribution in [0.25, 0.3) is 0 Å². The first-order chi connectivity index (χ1) is 28.6. The van der Waals surface area contributed by atoms with Crippen LogP contribution in [0.4, 0.5) is 0 Å². The zero-order chi connectivity index (χ0) is 43.5. The summed E-state index contributed by atoms with van der Waals surface area (Å²) >= 11 is 0. The van der Waals surface area contributed by atoms with Crippen LogP contribution < -0.4 is 5.32 Å². The van der Waals surface area contributed by atoms with Gasteiger partial charge in [-0.3, -0.25) is 18.6 Å². The number of phosphoric ester groups is 1. The van der Waals surface area contributed by atoms with E-state index in [-0.39, 0.29) is 12.8 Å². The summed E-state index contributed by atoms with van der Waals surface area (Å²) in [4.78, 5) is 46.0. The van der Waals surface area contributed by atoms with Gasteiger partial charge in [0.15, 0.2) is 6.04 Å². The third-order valence-corrected chi connectivity index (χ3v) is 10.8. The molecule has 3 unspecified atom stereocenters. The fourth-order valence-electron chi connectivity index (χ4n) is 6.24. The van der Waals surface area contributed by atoms with Crippen molar-refractivity contribution in [2.45, 2.75) is 212 Å². The van der Waals surface area contributed by atoms with Crippen molar-refractivity contribution < 1.29 is 47.8 Å². The minimum absolute atomic E-state index is 0.145. The van der Waals surface area contributed by atoms with Crippen molar-refractivity contribution in [1.29, 1.82) is 0 Å². The third-order valence-electron chi connectivity index (χ3n) is 9.87. The van der Waals surface area contributed by atoms with Crippen molar-refractivity contribution in [3.05, 3.63) is 48.6 Å². The molecule has 0 aromatic rings. The Morgan fingerprint density at radius 3 is 1.42 bits per heavy atom. The van der Waals surface area contributed by atoms with Crippen LogP contribution in [0.3, 0.4) is 0 Å². The van der Waals surface area contributed by atoms with Crippen LogP contribution >= 0.6 is 7.82 Å². The molecule has 59 heavy (non-hydrogen) atoms. The molecular formula is C47H84NO10P. The number of hydrogen-bond donors (Lipinski definition) is 4. The largest absolute Gasteiger partial charge is 0.480 e. The van der Waals surface area contributed by atoms with Gasteiger partial charge in [0.1, 0.15) is 12.7 Å². The summed E-state index contributed by atoms with van der Waals surface area (Å²) in [5, 5.41) is 21.9. The number of aliphatic hydroxyl groups excluding tert-OH is 1. The molecule has 0 aliphatic heterocycles. The molecule has 0 aliphatic carbocycles. The van der Waals surface area contributed by atoms with Crippen molar-refractivity contribution in [1.82, 2.24) is 5.32 Å². The van der Waals surface area contributed by atoms with E-state index >= 15 is 0 Å². The quantitative estimate of drug-likeness (QED) is 0.0200. The highest BCUT2D eigenvalue weighted by atomic mass is 31.2. The van der Waals surface area contributed by atoms with E-state index in [0.29, 0.717) is 12.8 Å². The Morgan fingerprint density at radius 1 is 0.542 bits per heavy atom. The van der Waals surface area contributed by atoms with E-state index in [1.54, 1.807) is 0 Å². The first-order valence-electron chi connectivity index (χ1n) is 23.2. The molecule has 0 saturated heterocycles. The number of carboxylic acids is 1. The molecule has 0 bridgehead atoms. The molecule has 0 rings (SSSR count). The molecule has 11 nitrogen and oxygen atoms in total. The molecule has 0 aliphatic rings. The van der Waals surface area contributed by atoms with E-state index < -0.39 is 57.6 Å². The van der Waals surface area contributed by atoms with Crippen molar-refractivity contribution in [2.75, 3.05) is 19.8 Å². The summed E-state index contributed by atoms with van der Waals surface area (Å²) in [5.41, 5.74) is 0. The maximum Gasteiger partial charge on any atom is 0.472 e. The predicted octanol–water partition coefficient (Wildman–Crippen LogP) is 12.2. The number of nitrogens with one attached hydrogen (secondary N) is 1. The highest BCUT2D eigenvalue weighted by Gasteiger charge is 2.28. The normalized spacial score (nSPS) is 14.1. The molecular weight excluding hydrogens is 769 g/mol. The van der Waals surface area contributed by atoms with Gasteiger partial charge >= 0.3 is 19.8 Å². The number of phosphoric acid groups is 1. The number of rotatable bonds is 43. The zero-order valence-corrected chi connectivity index (χ0v) is 37.9. The minimum atomic E-state index is -4.76. The number of aliphatic hydroxyl groups is 1. The van der Waals surface area contributed by atoms with Gasteiger partial charge in [-0.05, 0) is 57.8 Å². The Balaban J connectivity index is 3.93. The molecule has 0 radical (unpaired) electrons. The van der Waals surface area contributed by atoms with E-state index in [1.165, 1.54) is 103 Å². The first kappa shape index (κ1) is 56.4. The van der Waals surface area contributed by atoms with Gasteiger partial charge in [0.25, 0.3) is 0 Å². The number of carbonyl (C=O) groups is 3. The predicted molar refractivity (Wildman–Crippen MR) is 240 cm³/mol. The molecule has 342 valence electrons. The number of carbonyl (C=O) groups excluding carboxylic acids is 2. The van der Waals surface area contributed by atoms with Crippen LogP contribution in [0.1, 0.15) is 200 Å². The molecule has 0 fully saturated rings. The van der Waals surface area contributed by atoms with E-state index in [4.69, 9.17) is 13.8 Å². The number of hydrogen-bond acceptors (Lipinski definition) is 8. The van der Waals surface area contributed by atoms with Gasteiger partial charge in [0, 0.05) is 12.8 Å². The second-order valence-corrected chi connectivity index (χ2v) is 17.0. The topological polar surface area (TPSA) is 169 Å². The number of ether oxygens (including phenoxy) is 1. The third kappa shape index (κ3) is 41.9. The lowest BCUT2D eigenvalue weighted by Gasteiger charge is -2.18. The molecule has 12 heteroatoms. The molecule has 0 aromatic carbocycles. The van der Waals surface area contributed by atoms with Crippen molar-refractivity contribution in [3.63, 3.8) is 0 Å². The van der Waals surface area contributed by atoms with E-state index in [0.717, 1.165) is 57.8 Å². The molecule has 0 heterocycles. The minimum Gasteiger partial charge on any atom is -0.480 e. The lowest BCUT2D eigenvalue weighted by molar-refractivity contribution is -0.147. The van der Waals surface area contributed by atoms with Crippen LogP contribution in [0.2, 0.25) is 0 Å².